The third-order valence-corrected chi connectivity index (χ3v) is 3.57. The molecule has 0 aliphatic heterocycles. The second-order valence-electron chi connectivity index (χ2n) is 5.46. The first-order valence-corrected chi connectivity index (χ1v) is 7.52. The van der Waals surface area contributed by atoms with Gasteiger partial charge in [0.2, 0.25) is 0 Å². The predicted molar refractivity (Wildman–Crippen MR) is 92.1 cm³/mol. The van der Waals surface area contributed by atoms with E-state index in [0.717, 1.165) is 5.56 Å². The molecule has 6 heteroatoms. The number of hydrogen-bond donors (Lipinski definition) is 0. The van der Waals surface area contributed by atoms with E-state index in [0.29, 0.717) is 28.3 Å². The first-order chi connectivity index (χ1) is 11.0. The molecule has 3 rings (SSSR count). The lowest BCUT2D eigenvalue weighted by Gasteiger charge is -2.04. The number of rotatable bonds is 4. The van der Waals surface area contributed by atoms with E-state index in [1.54, 1.807) is 28.1 Å². The molecule has 0 atom stereocenters. The third-order valence-electron chi connectivity index (χ3n) is 3.33. The molecule has 0 spiro atoms. The maximum absolute atomic E-state index is 14.3. The molecule has 118 valence electrons. The zero-order chi connectivity index (χ0) is 16.4. The van der Waals surface area contributed by atoms with Crippen LogP contribution in [-0.4, -0.2) is 35.1 Å². The molecule has 0 saturated carbocycles. The van der Waals surface area contributed by atoms with Gasteiger partial charge in [-0.1, -0.05) is 29.8 Å². The molecule has 0 aliphatic rings. The Kier molecular flexibility index (Phi) is 4.30. The Bertz CT molecular complexity index is 870. The van der Waals surface area contributed by atoms with Crippen LogP contribution >= 0.6 is 11.6 Å². The predicted octanol–water partition coefficient (Wildman–Crippen LogP) is 4.10. The van der Waals surface area contributed by atoms with Gasteiger partial charge in [-0.15, -0.1) is 0 Å². The molecule has 0 saturated heterocycles. The Morgan fingerprint density at radius 2 is 2.04 bits per heavy atom. The monoisotopic (exact) mass is 330 g/mol. The SMILES string of the molecule is CN(C)C=Nc1nn(Cc2cccc(Cl)c2)c2c(F)cccc12. The van der Waals surface area contributed by atoms with Crippen LogP contribution in [0.4, 0.5) is 10.2 Å². The van der Waals surface area contributed by atoms with Gasteiger partial charge in [0.15, 0.2) is 5.82 Å². The molecule has 4 nitrogen and oxygen atoms in total. The molecular formula is C17H16ClFN4. The highest BCUT2D eigenvalue weighted by molar-refractivity contribution is 6.30. The summed E-state index contributed by atoms with van der Waals surface area (Å²) in [7, 11) is 3.74. The Labute approximate surface area is 138 Å². The van der Waals surface area contributed by atoms with Crippen molar-refractivity contribution < 1.29 is 4.39 Å². The van der Waals surface area contributed by atoms with E-state index in [2.05, 4.69) is 10.1 Å². The highest BCUT2D eigenvalue weighted by Gasteiger charge is 2.14. The number of para-hydroxylation sites is 1. The second-order valence-corrected chi connectivity index (χ2v) is 5.89. The largest absolute Gasteiger partial charge is 0.369 e. The lowest BCUT2D eigenvalue weighted by Crippen LogP contribution is -2.07. The Balaban J connectivity index is 2.09. The summed E-state index contributed by atoms with van der Waals surface area (Å²) in [5, 5.41) is 5.79. The molecular weight excluding hydrogens is 315 g/mol. The van der Waals surface area contributed by atoms with E-state index in [1.807, 2.05) is 38.4 Å². The van der Waals surface area contributed by atoms with Crippen LogP contribution in [0.5, 0.6) is 0 Å². The topological polar surface area (TPSA) is 33.4 Å². The van der Waals surface area contributed by atoms with Gasteiger partial charge in [0.25, 0.3) is 0 Å². The van der Waals surface area contributed by atoms with Crippen molar-refractivity contribution >= 4 is 34.7 Å². The van der Waals surface area contributed by atoms with E-state index in [9.17, 15) is 4.39 Å². The number of aromatic nitrogens is 2. The van der Waals surface area contributed by atoms with Crippen molar-refractivity contribution in [3.05, 3.63) is 58.9 Å². The van der Waals surface area contributed by atoms with Crippen LogP contribution in [-0.2, 0) is 6.54 Å². The molecule has 0 unspecified atom stereocenters. The minimum absolute atomic E-state index is 0.316. The molecule has 2 aromatic carbocycles. The molecule has 0 N–H and O–H groups in total. The van der Waals surface area contributed by atoms with Gasteiger partial charge in [0, 0.05) is 24.5 Å². The maximum Gasteiger partial charge on any atom is 0.183 e. The Morgan fingerprint density at radius 3 is 2.78 bits per heavy atom. The van der Waals surface area contributed by atoms with E-state index in [1.165, 1.54) is 6.07 Å². The summed E-state index contributed by atoms with van der Waals surface area (Å²) >= 11 is 6.02. The third kappa shape index (κ3) is 3.35. The fourth-order valence-electron chi connectivity index (χ4n) is 2.36. The number of hydrogen-bond acceptors (Lipinski definition) is 2. The van der Waals surface area contributed by atoms with Crippen molar-refractivity contribution in [3.63, 3.8) is 0 Å². The number of benzene rings is 2. The summed E-state index contributed by atoms with van der Waals surface area (Å²) in [6.45, 7) is 0.426. The van der Waals surface area contributed by atoms with Crippen molar-refractivity contribution in [3.8, 4) is 0 Å². The lowest BCUT2D eigenvalue weighted by molar-refractivity contribution is 0.616. The molecule has 0 fully saturated rings. The molecule has 0 amide bonds. The Hall–Kier alpha value is -2.40. The molecule has 0 bridgehead atoms. The molecule has 1 aromatic heterocycles. The molecule has 0 aliphatic carbocycles. The van der Waals surface area contributed by atoms with E-state index in [-0.39, 0.29) is 5.82 Å². The normalized spacial score (nSPS) is 11.5. The fourth-order valence-corrected chi connectivity index (χ4v) is 2.58. The van der Waals surface area contributed by atoms with Gasteiger partial charge in [-0.25, -0.2) is 9.38 Å². The minimum Gasteiger partial charge on any atom is -0.369 e. The van der Waals surface area contributed by atoms with Crippen LogP contribution in [0.2, 0.25) is 5.02 Å². The molecule has 3 aromatic rings. The van der Waals surface area contributed by atoms with Gasteiger partial charge in [-0.2, -0.15) is 5.10 Å². The molecule has 1 heterocycles. The van der Waals surface area contributed by atoms with Crippen LogP contribution < -0.4 is 0 Å². The average molecular weight is 331 g/mol. The summed E-state index contributed by atoms with van der Waals surface area (Å²) in [6.07, 6.45) is 1.65. The van der Waals surface area contributed by atoms with Crippen molar-refractivity contribution in [2.24, 2.45) is 4.99 Å². The zero-order valence-electron chi connectivity index (χ0n) is 12.9. The standard InChI is InChI=1S/C17H16ClFN4/c1-22(2)11-20-17-14-7-4-8-15(19)16(14)23(21-17)10-12-5-3-6-13(18)9-12/h3-9,11H,10H2,1-2H3. The summed E-state index contributed by atoms with van der Waals surface area (Å²) in [5.41, 5.74) is 1.40. The summed E-state index contributed by atoms with van der Waals surface area (Å²) in [6, 6.07) is 12.4. The fraction of sp³-hybridized carbons (Fsp3) is 0.176. The highest BCUT2D eigenvalue weighted by Crippen LogP contribution is 2.28. The first-order valence-electron chi connectivity index (χ1n) is 7.14. The van der Waals surface area contributed by atoms with Crippen molar-refractivity contribution in [1.82, 2.24) is 14.7 Å². The summed E-state index contributed by atoms with van der Waals surface area (Å²) in [5.74, 6) is 0.179. The van der Waals surface area contributed by atoms with Crippen LogP contribution in [0.25, 0.3) is 10.9 Å². The number of fused-ring (bicyclic) bond motifs is 1. The number of aliphatic imine (C=N–C) groups is 1. The van der Waals surface area contributed by atoms with Gasteiger partial charge >= 0.3 is 0 Å². The van der Waals surface area contributed by atoms with Gasteiger partial charge in [-0.3, -0.25) is 4.68 Å². The number of halogens is 2. The van der Waals surface area contributed by atoms with Crippen molar-refractivity contribution in [1.29, 1.82) is 0 Å². The van der Waals surface area contributed by atoms with Crippen LogP contribution in [0.15, 0.2) is 47.5 Å². The van der Waals surface area contributed by atoms with Gasteiger partial charge in [0.1, 0.15) is 11.3 Å². The van der Waals surface area contributed by atoms with E-state index in [4.69, 9.17) is 11.6 Å². The second kappa shape index (κ2) is 6.38. The van der Waals surface area contributed by atoms with Crippen molar-refractivity contribution in [2.75, 3.05) is 14.1 Å². The summed E-state index contributed by atoms with van der Waals surface area (Å²) < 4.78 is 15.9. The Morgan fingerprint density at radius 1 is 1.26 bits per heavy atom. The molecule has 23 heavy (non-hydrogen) atoms. The van der Waals surface area contributed by atoms with Gasteiger partial charge in [-0.05, 0) is 29.8 Å². The zero-order valence-corrected chi connectivity index (χ0v) is 13.6. The highest BCUT2D eigenvalue weighted by atomic mass is 35.5. The smallest absolute Gasteiger partial charge is 0.183 e. The minimum atomic E-state index is -0.316. The van der Waals surface area contributed by atoms with Crippen LogP contribution in [0, 0.1) is 5.82 Å². The maximum atomic E-state index is 14.3. The first kappa shape index (κ1) is 15.5. The van der Waals surface area contributed by atoms with Crippen molar-refractivity contribution in [2.45, 2.75) is 6.54 Å². The lowest BCUT2D eigenvalue weighted by atomic mass is 10.2. The van der Waals surface area contributed by atoms with Crippen LogP contribution in [0.1, 0.15) is 5.56 Å². The average Bonchev–Trinajstić information content (AvgIpc) is 2.84. The van der Waals surface area contributed by atoms with Crippen LogP contribution in [0.3, 0.4) is 0 Å². The summed E-state index contributed by atoms with van der Waals surface area (Å²) in [4.78, 5) is 6.14. The van der Waals surface area contributed by atoms with E-state index >= 15 is 0 Å². The quantitative estimate of drug-likeness (QED) is 0.533. The number of nitrogens with zero attached hydrogens (tertiary/aromatic N) is 4. The van der Waals surface area contributed by atoms with E-state index < -0.39 is 0 Å². The van der Waals surface area contributed by atoms with Gasteiger partial charge < -0.3 is 4.90 Å². The molecule has 0 radical (unpaired) electrons. The van der Waals surface area contributed by atoms with Gasteiger partial charge in [0.05, 0.1) is 12.9 Å².